The first-order valence-corrected chi connectivity index (χ1v) is 11.3. The molecule has 0 spiro atoms. The van der Waals surface area contributed by atoms with Crippen LogP contribution < -0.4 is 15.4 Å². The summed E-state index contributed by atoms with van der Waals surface area (Å²) in [5.74, 6) is -3.65. The molecule has 1 aromatic heterocycles. The highest BCUT2D eigenvalue weighted by Crippen LogP contribution is 2.13. The van der Waals surface area contributed by atoms with Gasteiger partial charge in [0.1, 0.15) is 17.9 Å². The second kappa shape index (κ2) is 9.53. The Balaban J connectivity index is 1.81. The number of rotatable bonds is 6. The van der Waals surface area contributed by atoms with Crippen LogP contribution in [0.1, 0.15) is 19.5 Å². The highest BCUT2D eigenvalue weighted by atomic mass is 32.2. The second-order valence-corrected chi connectivity index (χ2v) is 9.33. The molecule has 3 N–H and O–H groups in total. The Morgan fingerprint density at radius 1 is 1.25 bits per heavy atom. The molecule has 13 heteroatoms. The zero-order chi connectivity index (χ0) is 23.5. The molecule has 1 aromatic carbocycles. The average molecular weight is 466 g/mol. The fourth-order valence-corrected chi connectivity index (χ4v) is 4.41. The number of hydrogen-bond acceptors (Lipinski definition) is 7. The molecule has 2 heterocycles. The number of amides is 2. The molecule has 1 aliphatic heterocycles. The second-order valence-electron chi connectivity index (χ2n) is 7.61. The molecule has 2 unspecified atom stereocenters. The third-order valence-electron chi connectivity index (χ3n) is 4.81. The first-order valence-electron chi connectivity index (χ1n) is 9.86. The molecule has 2 amide bonds. The van der Waals surface area contributed by atoms with Gasteiger partial charge in [0.25, 0.3) is 5.91 Å². The quantitative estimate of drug-likeness (QED) is 0.469. The topological polar surface area (TPSA) is 152 Å². The van der Waals surface area contributed by atoms with Crippen LogP contribution in [0.2, 0.25) is 0 Å². The van der Waals surface area contributed by atoms with E-state index in [-0.39, 0.29) is 24.4 Å². The van der Waals surface area contributed by atoms with Gasteiger partial charge in [0.15, 0.2) is 0 Å². The molecule has 172 valence electrons. The lowest BCUT2D eigenvalue weighted by Crippen LogP contribution is -2.56. The summed E-state index contributed by atoms with van der Waals surface area (Å²) < 4.78 is 40.8. The van der Waals surface area contributed by atoms with Gasteiger partial charge in [-0.2, -0.15) is 19.7 Å². The molecule has 1 aliphatic rings. The highest BCUT2D eigenvalue weighted by Gasteiger charge is 2.34. The standard InChI is InChI=1S/C19H23FN6O5S/c1-11(2)16(25-32(30,31)14-5-3-12(20)4-6-14)18(28)23-15-9-13-10-22-26(24-13)8-7-21-19(29)17(15)27/h3-6,10-11,15-16,25H,7-9H2,1-2H3,(H,21,29)(H,23,28). The summed E-state index contributed by atoms with van der Waals surface area (Å²) in [5.41, 5.74) is 0.395. The molecule has 2 aromatic rings. The number of benzene rings is 1. The van der Waals surface area contributed by atoms with Crippen LogP contribution in [0.3, 0.4) is 0 Å². The van der Waals surface area contributed by atoms with E-state index < -0.39 is 51.4 Å². The van der Waals surface area contributed by atoms with Gasteiger partial charge in [0.05, 0.1) is 23.3 Å². The molecule has 3 rings (SSSR count). The van der Waals surface area contributed by atoms with Gasteiger partial charge in [-0.05, 0) is 30.2 Å². The van der Waals surface area contributed by atoms with Crippen molar-refractivity contribution in [1.29, 1.82) is 0 Å². The summed E-state index contributed by atoms with van der Waals surface area (Å²) in [6.07, 6.45) is 1.34. The van der Waals surface area contributed by atoms with Crippen molar-refractivity contribution in [3.8, 4) is 0 Å². The third kappa shape index (κ3) is 5.53. The van der Waals surface area contributed by atoms with Crippen molar-refractivity contribution in [3.63, 3.8) is 0 Å². The molecule has 0 aliphatic carbocycles. The van der Waals surface area contributed by atoms with E-state index >= 15 is 0 Å². The Morgan fingerprint density at radius 2 is 1.94 bits per heavy atom. The van der Waals surface area contributed by atoms with E-state index in [1.165, 1.54) is 11.0 Å². The lowest BCUT2D eigenvalue weighted by Gasteiger charge is -2.24. The number of sulfonamides is 1. The van der Waals surface area contributed by atoms with Crippen LogP contribution in [-0.2, 0) is 37.4 Å². The Hall–Kier alpha value is -3.19. The van der Waals surface area contributed by atoms with Crippen LogP contribution in [0, 0.1) is 11.7 Å². The smallest absolute Gasteiger partial charge is 0.289 e. The van der Waals surface area contributed by atoms with Crippen LogP contribution in [0.5, 0.6) is 0 Å². The summed E-state index contributed by atoms with van der Waals surface area (Å²) in [6.45, 7) is 3.65. The van der Waals surface area contributed by atoms with Crippen molar-refractivity contribution in [2.45, 2.75) is 43.8 Å². The van der Waals surface area contributed by atoms with E-state index in [0.29, 0.717) is 5.69 Å². The van der Waals surface area contributed by atoms with Gasteiger partial charge in [0.2, 0.25) is 21.7 Å². The van der Waals surface area contributed by atoms with Crippen molar-refractivity contribution in [2.24, 2.45) is 5.92 Å². The van der Waals surface area contributed by atoms with Gasteiger partial charge in [0, 0.05) is 13.0 Å². The van der Waals surface area contributed by atoms with E-state index in [4.69, 9.17) is 0 Å². The molecule has 2 atom stereocenters. The predicted molar refractivity (Wildman–Crippen MR) is 109 cm³/mol. The van der Waals surface area contributed by atoms with Crippen LogP contribution in [-0.4, -0.2) is 59.6 Å². The number of carbonyl (C=O) groups is 3. The Labute approximate surface area is 183 Å². The van der Waals surface area contributed by atoms with Gasteiger partial charge >= 0.3 is 0 Å². The van der Waals surface area contributed by atoms with E-state index in [2.05, 4.69) is 25.6 Å². The molecule has 0 fully saturated rings. The van der Waals surface area contributed by atoms with Crippen LogP contribution in [0.15, 0.2) is 35.4 Å². The van der Waals surface area contributed by atoms with Gasteiger partial charge in [-0.25, -0.2) is 12.8 Å². The monoisotopic (exact) mass is 466 g/mol. The maximum Gasteiger partial charge on any atom is 0.289 e. The van der Waals surface area contributed by atoms with Gasteiger partial charge < -0.3 is 10.6 Å². The van der Waals surface area contributed by atoms with Crippen molar-refractivity contribution in [1.82, 2.24) is 30.3 Å². The Morgan fingerprint density at radius 3 is 2.59 bits per heavy atom. The number of carbonyl (C=O) groups excluding carboxylic acids is 3. The number of hydrogen-bond donors (Lipinski definition) is 3. The number of Topliss-reactive ketones (excluding diaryl/α,β-unsaturated/α-hetero) is 1. The van der Waals surface area contributed by atoms with Crippen molar-refractivity contribution in [2.75, 3.05) is 6.54 Å². The van der Waals surface area contributed by atoms with Crippen LogP contribution in [0.25, 0.3) is 0 Å². The number of nitrogens with one attached hydrogen (secondary N) is 3. The summed E-state index contributed by atoms with van der Waals surface area (Å²) in [5, 5.41) is 13.1. The largest absolute Gasteiger partial charge is 0.348 e. The summed E-state index contributed by atoms with van der Waals surface area (Å²) >= 11 is 0. The minimum absolute atomic E-state index is 0.0898. The van der Waals surface area contributed by atoms with Crippen LogP contribution >= 0.6 is 0 Å². The maximum absolute atomic E-state index is 13.1. The molecule has 2 bridgehead atoms. The zero-order valence-corrected chi connectivity index (χ0v) is 18.2. The summed E-state index contributed by atoms with van der Waals surface area (Å²) in [7, 11) is -4.16. The van der Waals surface area contributed by atoms with E-state index in [0.717, 1.165) is 24.3 Å². The maximum atomic E-state index is 13.1. The SMILES string of the molecule is CC(C)C(NS(=O)(=O)c1ccc(F)cc1)C(=O)NC1Cc2cnn(n2)CCNC(=O)C1=O. The molecule has 0 saturated heterocycles. The fourth-order valence-electron chi connectivity index (χ4n) is 3.07. The molecular weight excluding hydrogens is 443 g/mol. The fraction of sp³-hybridized carbons (Fsp3) is 0.421. The number of aromatic nitrogens is 3. The Bertz CT molecular complexity index is 1120. The van der Waals surface area contributed by atoms with E-state index in [1.54, 1.807) is 13.8 Å². The minimum atomic E-state index is -4.16. The predicted octanol–water partition coefficient (Wildman–Crippen LogP) is -0.853. The third-order valence-corrected chi connectivity index (χ3v) is 6.26. The minimum Gasteiger partial charge on any atom is -0.348 e. The van der Waals surface area contributed by atoms with Crippen molar-refractivity contribution >= 4 is 27.6 Å². The van der Waals surface area contributed by atoms with Crippen molar-refractivity contribution < 1.29 is 27.2 Å². The lowest BCUT2D eigenvalue weighted by atomic mass is 10.0. The lowest BCUT2D eigenvalue weighted by molar-refractivity contribution is -0.140. The molecule has 0 radical (unpaired) electrons. The zero-order valence-electron chi connectivity index (χ0n) is 17.4. The van der Waals surface area contributed by atoms with Crippen LogP contribution in [0.4, 0.5) is 4.39 Å². The normalized spacial score (nSPS) is 18.2. The average Bonchev–Trinajstić information content (AvgIpc) is 3.17. The first-order chi connectivity index (χ1) is 15.1. The van der Waals surface area contributed by atoms with E-state index in [1.807, 2.05) is 0 Å². The summed E-state index contributed by atoms with van der Waals surface area (Å²) in [4.78, 5) is 38.8. The summed E-state index contributed by atoms with van der Waals surface area (Å²) in [6, 6.07) is 1.61. The van der Waals surface area contributed by atoms with Crippen molar-refractivity contribution in [3.05, 3.63) is 42.0 Å². The van der Waals surface area contributed by atoms with E-state index in [9.17, 15) is 27.2 Å². The molecular formula is C19H23FN6O5S. The molecule has 11 nitrogen and oxygen atoms in total. The molecule has 0 saturated carbocycles. The van der Waals surface area contributed by atoms with Gasteiger partial charge in [-0.3, -0.25) is 14.4 Å². The number of fused-ring (bicyclic) bond motifs is 2. The number of nitrogens with zero attached hydrogens (tertiary/aromatic N) is 3. The first kappa shape index (κ1) is 23.5. The number of halogens is 1. The number of ketones is 1. The Kier molecular flexibility index (Phi) is 6.99. The molecule has 32 heavy (non-hydrogen) atoms. The van der Waals surface area contributed by atoms with Gasteiger partial charge in [-0.15, -0.1) is 0 Å². The van der Waals surface area contributed by atoms with Gasteiger partial charge in [-0.1, -0.05) is 13.8 Å². The highest BCUT2D eigenvalue weighted by molar-refractivity contribution is 7.89.